The number of fused-ring (bicyclic) bond motifs is 1. The van der Waals surface area contributed by atoms with E-state index in [9.17, 15) is 22.3 Å². The van der Waals surface area contributed by atoms with Crippen LogP contribution in [0.1, 0.15) is 5.56 Å². The molecule has 0 spiro atoms. The van der Waals surface area contributed by atoms with Crippen molar-refractivity contribution < 1.29 is 22.3 Å². The van der Waals surface area contributed by atoms with Crippen LogP contribution in [0.4, 0.5) is 8.78 Å². The van der Waals surface area contributed by atoms with E-state index in [0.29, 0.717) is 28.6 Å². The van der Waals surface area contributed by atoms with Gasteiger partial charge in [0.15, 0.2) is 11.6 Å². The fourth-order valence-electron chi connectivity index (χ4n) is 3.11. The predicted molar refractivity (Wildman–Crippen MR) is 99.5 cm³/mol. The van der Waals surface area contributed by atoms with Gasteiger partial charge in [-0.15, -0.1) is 0 Å². The van der Waals surface area contributed by atoms with Crippen LogP contribution in [0.3, 0.4) is 0 Å². The molecular weight excluding hydrogens is 402 g/mol. The zero-order valence-corrected chi connectivity index (χ0v) is 15.7. The van der Waals surface area contributed by atoms with E-state index < -0.39 is 32.3 Å². The topological polar surface area (TPSA) is 101 Å². The molecule has 7 nitrogen and oxygen atoms in total. The number of aromatic hydroxyl groups is 1. The number of nitriles is 1. The van der Waals surface area contributed by atoms with E-state index in [1.165, 1.54) is 35.1 Å². The molecule has 4 rings (SSSR count). The van der Waals surface area contributed by atoms with Crippen molar-refractivity contribution in [2.45, 2.75) is 4.90 Å². The van der Waals surface area contributed by atoms with Crippen LogP contribution in [0.2, 0.25) is 0 Å². The van der Waals surface area contributed by atoms with E-state index in [4.69, 9.17) is 5.26 Å². The Labute approximate surface area is 163 Å². The number of benzene rings is 2. The first-order chi connectivity index (χ1) is 13.7. The highest BCUT2D eigenvalue weighted by Crippen LogP contribution is 2.36. The van der Waals surface area contributed by atoms with E-state index in [0.717, 1.165) is 3.97 Å². The standard InChI is InChI=1S/C19H12F2N4O3S/c1-24-10-13(9-23-24)17-5-12-4-11(8-22)2-3-16(12)25(17)29(27,28)18-7-14(20)6-15(21)19(18)26/h2-7,9-10,26H,1H3. The molecule has 0 aliphatic heterocycles. The van der Waals surface area contributed by atoms with E-state index in [-0.39, 0.29) is 11.2 Å². The van der Waals surface area contributed by atoms with Crippen LogP contribution >= 0.6 is 0 Å². The van der Waals surface area contributed by atoms with Crippen molar-refractivity contribution in [1.82, 2.24) is 13.8 Å². The van der Waals surface area contributed by atoms with Crippen molar-refractivity contribution in [3.05, 3.63) is 66.0 Å². The molecule has 0 amide bonds. The number of halogens is 2. The van der Waals surface area contributed by atoms with Crippen molar-refractivity contribution in [3.8, 4) is 23.1 Å². The summed E-state index contributed by atoms with van der Waals surface area (Å²) in [6.07, 6.45) is 2.99. The molecule has 0 atom stereocenters. The van der Waals surface area contributed by atoms with Crippen molar-refractivity contribution >= 4 is 20.9 Å². The minimum Gasteiger partial charge on any atom is -0.504 e. The highest BCUT2D eigenvalue weighted by Gasteiger charge is 2.29. The molecular formula is C19H12F2N4O3S. The molecule has 146 valence electrons. The van der Waals surface area contributed by atoms with Gasteiger partial charge in [0.05, 0.1) is 29.0 Å². The van der Waals surface area contributed by atoms with Crippen LogP contribution < -0.4 is 0 Å². The number of aryl methyl sites for hydroxylation is 1. The third-order valence-electron chi connectivity index (χ3n) is 4.40. The highest BCUT2D eigenvalue weighted by atomic mass is 32.2. The Balaban J connectivity index is 2.11. The van der Waals surface area contributed by atoms with Gasteiger partial charge in [-0.2, -0.15) is 10.4 Å². The molecule has 2 aromatic carbocycles. The lowest BCUT2D eigenvalue weighted by atomic mass is 10.1. The summed E-state index contributed by atoms with van der Waals surface area (Å²) >= 11 is 0. The Hall–Kier alpha value is -3.71. The summed E-state index contributed by atoms with van der Waals surface area (Å²) < 4.78 is 56.6. The maximum absolute atomic E-state index is 13.8. The summed E-state index contributed by atoms with van der Waals surface area (Å²) in [5, 5.41) is 23.6. The fraction of sp³-hybridized carbons (Fsp3) is 0.0526. The lowest BCUT2D eigenvalue weighted by Crippen LogP contribution is -2.15. The van der Waals surface area contributed by atoms with Crippen molar-refractivity contribution in [2.24, 2.45) is 7.05 Å². The van der Waals surface area contributed by atoms with Crippen molar-refractivity contribution in [3.63, 3.8) is 0 Å². The van der Waals surface area contributed by atoms with Crippen LogP contribution in [-0.2, 0) is 17.1 Å². The van der Waals surface area contributed by atoms with Crippen molar-refractivity contribution in [1.29, 1.82) is 5.26 Å². The van der Waals surface area contributed by atoms with Gasteiger partial charge in [0.25, 0.3) is 10.0 Å². The monoisotopic (exact) mass is 414 g/mol. The quantitative estimate of drug-likeness (QED) is 0.555. The maximum atomic E-state index is 13.8. The molecule has 29 heavy (non-hydrogen) atoms. The molecule has 1 N–H and O–H groups in total. The van der Waals surface area contributed by atoms with Crippen LogP contribution in [0, 0.1) is 23.0 Å². The van der Waals surface area contributed by atoms with E-state index >= 15 is 0 Å². The molecule has 2 aromatic heterocycles. The van der Waals surface area contributed by atoms with Gasteiger partial charge in [-0.1, -0.05) is 0 Å². The first-order valence-corrected chi connectivity index (χ1v) is 9.64. The average molecular weight is 414 g/mol. The van der Waals surface area contributed by atoms with E-state index in [1.54, 1.807) is 13.2 Å². The molecule has 0 aliphatic carbocycles. The van der Waals surface area contributed by atoms with Gasteiger partial charge in [0.1, 0.15) is 10.7 Å². The minimum absolute atomic E-state index is 0.159. The molecule has 2 heterocycles. The van der Waals surface area contributed by atoms with Gasteiger partial charge < -0.3 is 5.11 Å². The molecule has 0 fully saturated rings. The second-order valence-electron chi connectivity index (χ2n) is 6.32. The Morgan fingerprint density at radius 3 is 2.59 bits per heavy atom. The summed E-state index contributed by atoms with van der Waals surface area (Å²) in [6, 6.07) is 8.77. The molecule has 0 radical (unpaired) electrons. The second-order valence-corrected chi connectivity index (χ2v) is 8.08. The van der Waals surface area contributed by atoms with Gasteiger partial charge in [-0.05, 0) is 30.3 Å². The molecule has 10 heteroatoms. The number of aromatic nitrogens is 3. The summed E-state index contributed by atoms with van der Waals surface area (Å²) in [6.45, 7) is 0. The zero-order valence-electron chi connectivity index (χ0n) is 14.8. The van der Waals surface area contributed by atoms with Crippen molar-refractivity contribution in [2.75, 3.05) is 0 Å². The third kappa shape index (κ3) is 2.92. The van der Waals surface area contributed by atoms with E-state index in [2.05, 4.69) is 5.10 Å². The maximum Gasteiger partial charge on any atom is 0.272 e. The Kier molecular flexibility index (Phi) is 4.13. The second kappa shape index (κ2) is 6.42. The normalized spacial score (nSPS) is 11.7. The molecule has 0 saturated carbocycles. The average Bonchev–Trinajstić information content (AvgIpc) is 3.27. The fourth-order valence-corrected chi connectivity index (χ4v) is 4.75. The molecule has 0 bridgehead atoms. The van der Waals surface area contributed by atoms with Crippen LogP contribution in [0.25, 0.3) is 22.2 Å². The largest absolute Gasteiger partial charge is 0.504 e. The summed E-state index contributed by atoms with van der Waals surface area (Å²) in [5.74, 6) is -3.72. The minimum atomic E-state index is -4.62. The SMILES string of the molecule is Cn1cc(-c2cc3cc(C#N)ccc3n2S(=O)(=O)c2cc(F)cc(F)c2O)cn1. The Morgan fingerprint density at radius 2 is 1.93 bits per heavy atom. The van der Waals surface area contributed by atoms with Gasteiger partial charge in [0, 0.05) is 30.3 Å². The third-order valence-corrected chi connectivity index (χ3v) is 6.14. The van der Waals surface area contributed by atoms with Gasteiger partial charge >= 0.3 is 0 Å². The summed E-state index contributed by atoms with van der Waals surface area (Å²) in [4.78, 5) is -0.915. The Morgan fingerprint density at radius 1 is 1.17 bits per heavy atom. The van der Waals surface area contributed by atoms with Gasteiger partial charge in [-0.25, -0.2) is 21.2 Å². The number of rotatable bonds is 3. The summed E-state index contributed by atoms with van der Waals surface area (Å²) in [5.41, 5.74) is 1.06. The van der Waals surface area contributed by atoms with Gasteiger partial charge in [0.2, 0.25) is 0 Å². The predicted octanol–water partition coefficient (Wildman–Crippen LogP) is 3.13. The summed E-state index contributed by atoms with van der Waals surface area (Å²) in [7, 11) is -2.97. The van der Waals surface area contributed by atoms with E-state index in [1.807, 2.05) is 6.07 Å². The van der Waals surface area contributed by atoms with Gasteiger partial charge in [-0.3, -0.25) is 4.68 Å². The number of phenols is 1. The lowest BCUT2D eigenvalue weighted by Gasteiger charge is -2.13. The number of nitrogens with zero attached hydrogens (tertiary/aromatic N) is 4. The highest BCUT2D eigenvalue weighted by molar-refractivity contribution is 7.90. The number of phenolic OH excluding ortho intramolecular Hbond substituents is 1. The lowest BCUT2D eigenvalue weighted by molar-refractivity contribution is 0.411. The molecule has 0 unspecified atom stereocenters. The zero-order chi connectivity index (χ0) is 20.9. The molecule has 0 saturated heterocycles. The van der Waals surface area contributed by atoms with Crippen LogP contribution in [0.5, 0.6) is 5.75 Å². The molecule has 4 aromatic rings. The molecule has 0 aliphatic rings. The first kappa shape index (κ1) is 18.6. The Bertz CT molecular complexity index is 1430. The number of hydrogen-bond acceptors (Lipinski definition) is 5. The first-order valence-electron chi connectivity index (χ1n) is 8.20. The smallest absolute Gasteiger partial charge is 0.272 e. The van der Waals surface area contributed by atoms with Crippen LogP contribution in [-0.4, -0.2) is 27.3 Å². The van der Waals surface area contributed by atoms with Crippen LogP contribution in [0.15, 0.2) is 53.7 Å². The number of hydrogen-bond donors (Lipinski definition) is 1.